The predicted molar refractivity (Wildman–Crippen MR) is 79.6 cm³/mol. The number of amides is 2. The molecule has 2 aromatic rings. The van der Waals surface area contributed by atoms with E-state index in [0.29, 0.717) is 28.1 Å². The number of halogens is 1. The third-order valence-corrected chi connectivity index (χ3v) is 3.32. The third kappa shape index (κ3) is 3.87. The Morgan fingerprint density at radius 2 is 2.00 bits per heavy atom. The molecule has 4 nitrogen and oxygen atoms in total. The number of thiophene rings is 1. The van der Waals surface area contributed by atoms with Crippen molar-refractivity contribution in [3.8, 4) is 5.75 Å². The fraction of sp³-hybridized carbons (Fsp3) is 0.154. The van der Waals surface area contributed by atoms with Crippen molar-refractivity contribution in [2.24, 2.45) is 0 Å². The van der Waals surface area contributed by atoms with Crippen LogP contribution in [0.2, 0.25) is 5.02 Å². The van der Waals surface area contributed by atoms with Crippen LogP contribution in [0.3, 0.4) is 0 Å². The molecule has 0 fully saturated rings. The Bertz CT molecular complexity index is 554. The minimum Gasteiger partial charge on any atom is -0.491 e. The van der Waals surface area contributed by atoms with Gasteiger partial charge in [-0.2, -0.15) is 0 Å². The zero-order valence-corrected chi connectivity index (χ0v) is 11.8. The van der Waals surface area contributed by atoms with E-state index < -0.39 is 0 Å². The number of hydrogen-bond donors (Lipinski definition) is 2. The number of hydrogen-bond acceptors (Lipinski definition) is 3. The molecule has 0 unspecified atom stereocenters. The summed E-state index contributed by atoms with van der Waals surface area (Å²) in [6, 6.07) is 8.42. The number of rotatable bonds is 4. The van der Waals surface area contributed by atoms with Gasteiger partial charge in [-0.25, -0.2) is 4.79 Å². The molecule has 2 N–H and O–H groups in total. The fourth-order valence-electron chi connectivity index (χ4n) is 1.46. The van der Waals surface area contributed by atoms with E-state index >= 15 is 0 Å². The van der Waals surface area contributed by atoms with Gasteiger partial charge in [0.05, 0.1) is 6.61 Å². The molecule has 1 aromatic heterocycles. The van der Waals surface area contributed by atoms with Gasteiger partial charge in [0.15, 0.2) is 5.75 Å². The summed E-state index contributed by atoms with van der Waals surface area (Å²) in [6.07, 6.45) is 0. The van der Waals surface area contributed by atoms with Gasteiger partial charge in [-0.05, 0) is 42.6 Å². The zero-order chi connectivity index (χ0) is 13.7. The van der Waals surface area contributed by atoms with Crippen LogP contribution in [0.1, 0.15) is 6.92 Å². The first kappa shape index (κ1) is 13.7. The van der Waals surface area contributed by atoms with Crippen LogP contribution < -0.4 is 15.4 Å². The van der Waals surface area contributed by atoms with E-state index in [2.05, 4.69) is 10.6 Å². The predicted octanol–water partition coefficient (Wildman–Crippen LogP) is 4.44. The van der Waals surface area contributed by atoms with Crippen molar-refractivity contribution in [1.29, 1.82) is 0 Å². The number of carbonyl (C=O) groups is 1. The number of ether oxygens (including phenoxy) is 1. The average Bonchev–Trinajstić information content (AvgIpc) is 2.80. The first-order valence-corrected chi connectivity index (χ1v) is 6.98. The molecule has 19 heavy (non-hydrogen) atoms. The van der Waals surface area contributed by atoms with Crippen molar-refractivity contribution in [3.05, 3.63) is 40.7 Å². The summed E-state index contributed by atoms with van der Waals surface area (Å²) in [7, 11) is 0. The smallest absolute Gasteiger partial charge is 0.324 e. The Morgan fingerprint density at radius 1 is 1.26 bits per heavy atom. The van der Waals surface area contributed by atoms with Gasteiger partial charge in [-0.3, -0.25) is 5.32 Å². The van der Waals surface area contributed by atoms with Gasteiger partial charge < -0.3 is 10.1 Å². The van der Waals surface area contributed by atoms with Crippen molar-refractivity contribution in [2.45, 2.75) is 6.92 Å². The first-order chi connectivity index (χ1) is 9.19. The lowest BCUT2D eigenvalue weighted by atomic mass is 10.3. The fourth-order valence-corrected chi connectivity index (χ4v) is 2.30. The summed E-state index contributed by atoms with van der Waals surface area (Å²) in [5.74, 6) is 0.679. The number of carbonyl (C=O) groups excluding carboxylic acids is 1. The van der Waals surface area contributed by atoms with E-state index in [4.69, 9.17) is 16.3 Å². The summed E-state index contributed by atoms with van der Waals surface area (Å²) in [5.41, 5.74) is 0.677. The molecule has 0 saturated carbocycles. The maximum absolute atomic E-state index is 11.8. The van der Waals surface area contributed by atoms with E-state index in [0.717, 1.165) is 0 Å². The number of anilines is 2. The van der Waals surface area contributed by atoms with E-state index in [-0.39, 0.29) is 6.03 Å². The van der Waals surface area contributed by atoms with E-state index in [1.54, 1.807) is 24.3 Å². The number of urea groups is 1. The normalized spacial score (nSPS) is 10.0. The Morgan fingerprint density at radius 3 is 2.68 bits per heavy atom. The minimum atomic E-state index is -0.314. The summed E-state index contributed by atoms with van der Waals surface area (Å²) in [6.45, 7) is 2.46. The Balaban J connectivity index is 1.97. The SMILES string of the molecule is CCOc1ccsc1NC(=O)Nc1ccc(Cl)cc1. The van der Waals surface area contributed by atoms with Crippen LogP contribution in [0.25, 0.3) is 0 Å². The van der Waals surface area contributed by atoms with Crippen molar-refractivity contribution in [3.63, 3.8) is 0 Å². The van der Waals surface area contributed by atoms with Gasteiger partial charge in [-0.15, -0.1) is 11.3 Å². The van der Waals surface area contributed by atoms with E-state index in [1.165, 1.54) is 11.3 Å². The molecule has 0 radical (unpaired) electrons. The van der Waals surface area contributed by atoms with Gasteiger partial charge in [-0.1, -0.05) is 11.6 Å². The molecule has 0 aliphatic rings. The molecular formula is C13H13ClN2O2S. The first-order valence-electron chi connectivity index (χ1n) is 5.73. The molecule has 2 rings (SSSR count). The summed E-state index contributed by atoms with van der Waals surface area (Å²) in [4.78, 5) is 11.8. The van der Waals surface area contributed by atoms with Gasteiger partial charge in [0.1, 0.15) is 5.00 Å². The molecule has 1 aromatic carbocycles. The lowest BCUT2D eigenvalue weighted by Crippen LogP contribution is -2.19. The molecule has 0 spiro atoms. The van der Waals surface area contributed by atoms with Crippen LogP contribution in [-0.4, -0.2) is 12.6 Å². The van der Waals surface area contributed by atoms with Crippen LogP contribution in [0, 0.1) is 0 Å². The number of benzene rings is 1. The van der Waals surface area contributed by atoms with E-state index in [1.807, 2.05) is 18.4 Å². The maximum atomic E-state index is 11.8. The molecule has 6 heteroatoms. The maximum Gasteiger partial charge on any atom is 0.324 e. The van der Waals surface area contributed by atoms with Crippen LogP contribution >= 0.6 is 22.9 Å². The molecule has 0 bridgehead atoms. The Hall–Kier alpha value is -1.72. The minimum absolute atomic E-state index is 0.314. The highest BCUT2D eigenvalue weighted by Crippen LogP contribution is 2.30. The number of nitrogens with one attached hydrogen (secondary N) is 2. The quantitative estimate of drug-likeness (QED) is 0.876. The Kier molecular flexibility index (Phi) is 4.65. The second-order valence-corrected chi connectivity index (χ2v) is 4.99. The highest BCUT2D eigenvalue weighted by molar-refractivity contribution is 7.14. The standard InChI is InChI=1S/C13H13ClN2O2S/c1-2-18-11-7-8-19-12(11)16-13(17)15-10-5-3-9(14)4-6-10/h3-8H,2H2,1H3,(H2,15,16,17). The molecule has 1 heterocycles. The van der Waals surface area contributed by atoms with Crippen molar-refractivity contribution in [1.82, 2.24) is 0 Å². The summed E-state index contributed by atoms with van der Waals surface area (Å²) in [5, 5.41) is 8.65. The molecule has 0 saturated heterocycles. The van der Waals surface area contributed by atoms with Crippen molar-refractivity contribution >= 4 is 39.7 Å². The van der Waals surface area contributed by atoms with Gasteiger partial charge in [0.2, 0.25) is 0 Å². The molecule has 100 valence electrons. The second-order valence-electron chi connectivity index (χ2n) is 3.63. The average molecular weight is 297 g/mol. The van der Waals surface area contributed by atoms with Gasteiger partial charge >= 0.3 is 6.03 Å². The molecule has 2 amide bonds. The second kappa shape index (κ2) is 6.45. The largest absolute Gasteiger partial charge is 0.491 e. The van der Waals surface area contributed by atoms with Crippen LogP contribution in [0.5, 0.6) is 5.75 Å². The van der Waals surface area contributed by atoms with Gasteiger partial charge in [0, 0.05) is 10.7 Å². The monoisotopic (exact) mass is 296 g/mol. The van der Waals surface area contributed by atoms with Crippen LogP contribution in [0.15, 0.2) is 35.7 Å². The van der Waals surface area contributed by atoms with Crippen molar-refractivity contribution < 1.29 is 9.53 Å². The summed E-state index contributed by atoms with van der Waals surface area (Å²) >= 11 is 7.19. The highest BCUT2D eigenvalue weighted by atomic mass is 35.5. The molecule has 0 aliphatic carbocycles. The van der Waals surface area contributed by atoms with Crippen molar-refractivity contribution in [2.75, 3.05) is 17.2 Å². The van der Waals surface area contributed by atoms with Crippen LogP contribution in [0.4, 0.5) is 15.5 Å². The lowest BCUT2D eigenvalue weighted by molar-refractivity contribution is 0.262. The lowest BCUT2D eigenvalue weighted by Gasteiger charge is -2.08. The van der Waals surface area contributed by atoms with E-state index in [9.17, 15) is 4.79 Å². The topological polar surface area (TPSA) is 50.4 Å². The summed E-state index contributed by atoms with van der Waals surface area (Å²) < 4.78 is 5.39. The van der Waals surface area contributed by atoms with Gasteiger partial charge in [0.25, 0.3) is 0 Å². The molecular weight excluding hydrogens is 284 g/mol. The highest BCUT2D eigenvalue weighted by Gasteiger charge is 2.09. The molecule has 0 atom stereocenters. The molecule has 0 aliphatic heterocycles. The zero-order valence-electron chi connectivity index (χ0n) is 10.3. The Labute approximate surface area is 120 Å². The third-order valence-electron chi connectivity index (χ3n) is 2.26. The van der Waals surface area contributed by atoms with Crippen LogP contribution in [-0.2, 0) is 0 Å².